The average molecular weight is 282 g/mol. The summed E-state index contributed by atoms with van der Waals surface area (Å²) in [6.45, 7) is 7.84. The minimum absolute atomic E-state index is 0.415. The van der Waals surface area contributed by atoms with Gasteiger partial charge in [-0.3, -0.25) is 4.21 Å². The van der Waals surface area contributed by atoms with Crippen LogP contribution in [0.1, 0.15) is 27.7 Å². The SMILES string of the molecule is CS(=O)c1nccc(N)c1B1OC(C)(C)C(C)(C)O1. The monoisotopic (exact) mass is 282 g/mol. The van der Waals surface area contributed by atoms with Gasteiger partial charge in [-0.1, -0.05) is 0 Å². The van der Waals surface area contributed by atoms with Gasteiger partial charge in [0.25, 0.3) is 0 Å². The lowest BCUT2D eigenvalue weighted by molar-refractivity contribution is 0.00578. The Bertz CT molecular complexity index is 518. The highest BCUT2D eigenvalue weighted by Gasteiger charge is 2.53. The van der Waals surface area contributed by atoms with E-state index in [0.717, 1.165) is 0 Å². The Morgan fingerprint density at radius 3 is 2.26 bits per heavy atom. The number of rotatable bonds is 2. The maximum atomic E-state index is 11.8. The molecule has 1 aromatic rings. The zero-order chi connectivity index (χ0) is 14.4. The molecule has 5 nitrogen and oxygen atoms in total. The van der Waals surface area contributed by atoms with Gasteiger partial charge in [-0.05, 0) is 33.8 Å². The predicted molar refractivity (Wildman–Crippen MR) is 76.7 cm³/mol. The fourth-order valence-electron chi connectivity index (χ4n) is 1.89. The number of nitrogens with two attached hydrogens (primary N) is 1. The molecule has 0 aliphatic carbocycles. The topological polar surface area (TPSA) is 74.4 Å². The van der Waals surface area contributed by atoms with Gasteiger partial charge in [-0.15, -0.1) is 0 Å². The van der Waals surface area contributed by atoms with E-state index in [1.807, 2.05) is 27.7 Å². The van der Waals surface area contributed by atoms with Gasteiger partial charge in [0, 0.05) is 23.6 Å². The third kappa shape index (κ3) is 2.42. The molecule has 0 amide bonds. The molecule has 1 saturated heterocycles. The van der Waals surface area contributed by atoms with Gasteiger partial charge >= 0.3 is 7.12 Å². The second kappa shape index (κ2) is 4.57. The molecule has 2 heterocycles. The molecule has 1 aliphatic heterocycles. The van der Waals surface area contributed by atoms with E-state index in [9.17, 15) is 4.21 Å². The first kappa shape index (κ1) is 14.5. The number of nitrogen functional groups attached to an aromatic ring is 1. The van der Waals surface area contributed by atoms with Crippen LogP contribution >= 0.6 is 0 Å². The molecule has 0 spiro atoms. The fourth-order valence-corrected chi connectivity index (χ4v) is 2.63. The van der Waals surface area contributed by atoms with Crippen molar-refractivity contribution < 1.29 is 13.5 Å². The van der Waals surface area contributed by atoms with Crippen LogP contribution in [0.3, 0.4) is 0 Å². The molecule has 0 radical (unpaired) electrons. The molecule has 7 heteroatoms. The van der Waals surface area contributed by atoms with Gasteiger partial charge < -0.3 is 15.0 Å². The molecule has 1 aromatic heterocycles. The van der Waals surface area contributed by atoms with Crippen LogP contribution < -0.4 is 11.2 Å². The van der Waals surface area contributed by atoms with Crippen molar-refractivity contribution in [1.29, 1.82) is 0 Å². The van der Waals surface area contributed by atoms with Crippen molar-refractivity contribution in [3.63, 3.8) is 0 Å². The third-order valence-corrected chi connectivity index (χ3v) is 4.62. The summed E-state index contributed by atoms with van der Waals surface area (Å²) in [6.07, 6.45) is 3.11. The van der Waals surface area contributed by atoms with Crippen molar-refractivity contribution in [2.45, 2.75) is 43.9 Å². The smallest absolute Gasteiger partial charge is 0.399 e. The molecule has 1 aliphatic rings. The predicted octanol–water partition coefficient (Wildman–Crippen LogP) is 0.700. The summed E-state index contributed by atoms with van der Waals surface area (Å²) < 4.78 is 23.7. The lowest BCUT2D eigenvalue weighted by Crippen LogP contribution is -2.41. The van der Waals surface area contributed by atoms with Crippen molar-refractivity contribution in [3.8, 4) is 0 Å². The van der Waals surface area contributed by atoms with Gasteiger partial charge in [-0.2, -0.15) is 0 Å². The number of nitrogens with zero attached hydrogens (tertiary/aromatic N) is 1. The van der Waals surface area contributed by atoms with Crippen LogP contribution in [-0.2, 0) is 20.1 Å². The summed E-state index contributed by atoms with van der Waals surface area (Å²) >= 11 is 0. The molecule has 0 bridgehead atoms. The van der Waals surface area contributed by atoms with E-state index < -0.39 is 29.1 Å². The molecule has 2 rings (SSSR count). The lowest BCUT2D eigenvalue weighted by atomic mass is 9.79. The Labute approximate surface area is 116 Å². The van der Waals surface area contributed by atoms with Crippen LogP contribution in [-0.4, -0.2) is 33.8 Å². The average Bonchev–Trinajstić information content (AvgIpc) is 2.47. The van der Waals surface area contributed by atoms with Crippen LogP contribution in [0, 0.1) is 0 Å². The summed E-state index contributed by atoms with van der Waals surface area (Å²) in [6, 6.07) is 1.66. The number of aromatic nitrogens is 1. The van der Waals surface area contributed by atoms with Crippen LogP contribution in [0.15, 0.2) is 17.3 Å². The highest BCUT2D eigenvalue weighted by Crippen LogP contribution is 2.37. The quantitative estimate of drug-likeness (QED) is 0.808. The maximum Gasteiger partial charge on any atom is 0.499 e. The molecule has 1 atom stereocenters. The molecule has 104 valence electrons. The first-order valence-corrected chi connectivity index (χ1v) is 7.65. The van der Waals surface area contributed by atoms with Crippen molar-refractivity contribution >= 4 is 29.1 Å². The number of anilines is 1. The molecular weight excluding hydrogens is 263 g/mol. The maximum absolute atomic E-state index is 11.8. The normalized spacial score (nSPS) is 22.5. The second-order valence-corrected chi connectivity index (χ2v) is 6.96. The molecule has 0 saturated carbocycles. The van der Waals surface area contributed by atoms with Crippen molar-refractivity contribution in [2.75, 3.05) is 12.0 Å². The van der Waals surface area contributed by atoms with E-state index in [0.29, 0.717) is 16.2 Å². The Balaban J connectivity index is 2.48. The Kier molecular flexibility index (Phi) is 3.49. The summed E-state index contributed by atoms with van der Waals surface area (Å²) in [5, 5.41) is 0.415. The van der Waals surface area contributed by atoms with E-state index in [1.165, 1.54) is 0 Å². The van der Waals surface area contributed by atoms with E-state index in [1.54, 1.807) is 18.5 Å². The van der Waals surface area contributed by atoms with E-state index >= 15 is 0 Å². The highest BCUT2D eigenvalue weighted by atomic mass is 32.2. The van der Waals surface area contributed by atoms with Gasteiger partial charge in [-0.25, -0.2) is 4.98 Å². The zero-order valence-electron chi connectivity index (χ0n) is 11.9. The van der Waals surface area contributed by atoms with Gasteiger partial charge in [0.05, 0.1) is 22.0 Å². The van der Waals surface area contributed by atoms with Crippen LogP contribution in [0.5, 0.6) is 0 Å². The highest BCUT2D eigenvalue weighted by molar-refractivity contribution is 7.84. The summed E-state index contributed by atoms with van der Waals surface area (Å²) in [5.41, 5.74) is 6.11. The van der Waals surface area contributed by atoms with E-state index in [-0.39, 0.29) is 0 Å². The fraction of sp³-hybridized carbons (Fsp3) is 0.583. The van der Waals surface area contributed by atoms with Crippen molar-refractivity contribution in [1.82, 2.24) is 4.98 Å². The first-order chi connectivity index (χ1) is 8.66. The molecule has 2 N–H and O–H groups in total. The molecule has 19 heavy (non-hydrogen) atoms. The first-order valence-electron chi connectivity index (χ1n) is 6.09. The standard InChI is InChI=1S/C12H19BN2O3S/c1-11(2)12(3,4)18-13(17-11)9-8(14)6-7-15-10(9)19(5)16/h6-7H,1-5H3,(H2,14,15). The molecular formula is C12H19BN2O3S. The zero-order valence-corrected chi connectivity index (χ0v) is 12.7. The van der Waals surface area contributed by atoms with Crippen molar-refractivity contribution in [3.05, 3.63) is 12.3 Å². The Morgan fingerprint density at radius 1 is 1.26 bits per heavy atom. The lowest BCUT2D eigenvalue weighted by Gasteiger charge is -2.32. The molecule has 1 unspecified atom stereocenters. The van der Waals surface area contributed by atoms with Gasteiger partial charge in [0.2, 0.25) is 0 Å². The number of pyridine rings is 1. The van der Waals surface area contributed by atoms with Crippen LogP contribution in [0.25, 0.3) is 0 Å². The summed E-state index contributed by atoms with van der Waals surface area (Å²) in [4.78, 5) is 4.14. The van der Waals surface area contributed by atoms with Crippen LogP contribution in [0.4, 0.5) is 5.69 Å². The molecule has 1 fully saturated rings. The number of hydrogen-bond acceptors (Lipinski definition) is 5. The summed E-state index contributed by atoms with van der Waals surface area (Å²) in [5.74, 6) is 0. The summed E-state index contributed by atoms with van der Waals surface area (Å²) in [7, 11) is -1.89. The van der Waals surface area contributed by atoms with Gasteiger partial charge in [0.15, 0.2) is 0 Å². The van der Waals surface area contributed by atoms with E-state index in [4.69, 9.17) is 15.0 Å². The third-order valence-electron chi connectivity index (χ3n) is 3.75. The van der Waals surface area contributed by atoms with Crippen LogP contribution in [0.2, 0.25) is 0 Å². The van der Waals surface area contributed by atoms with Gasteiger partial charge in [0.1, 0.15) is 5.03 Å². The second-order valence-electron chi connectivity index (χ2n) is 5.66. The molecule has 0 aromatic carbocycles. The minimum atomic E-state index is -1.25. The van der Waals surface area contributed by atoms with Crippen molar-refractivity contribution in [2.24, 2.45) is 0 Å². The Hall–Kier alpha value is -0.915. The number of hydrogen-bond donors (Lipinski definition) is 1. The Morgan fingerprint density at radius 2 is 1.79 bits per heavy atom. The largest absolute Gasteiger partial charge is 0.499 e. The van der Waals surface area contributed by atoms with E-state index in [2.05, 4.69) is 4.98 Å². The minimum Gasteiger partial charge on any atom is -0.399 e.